The van der Waals surface area contributed by atoms with Crippen molar-refractivity contribution >= 4 is 11.8 Å². The molecule has 72 valence electrons. The molecule has 1 atom stereocenters. The zero-order valence-corrected chi connectivity index (χ0v) is 8.78. The fourth-order valence-corrected chi connectivity index (χ4v) is 2.36. The lowest BCUT2D eigenvalue weighted by Gasteiger charge is -2.26. The Kier molecular flexibility index (Phi) is 5.04. The van der Waals surface area contributed by atoms with Gasteiger partial charge in [-0.05, 0) is 19.4 Å². The maximum absolute atomic E-state index is 5.86. The Morgan fingerprint density at radius 1 is 1.42 bits per heavy atom. The van der Waals surface area contributed by atoms with Gasteiger partial charge >= 0.3 is 0 Å². The first-order valence-electron chi connectivity index (χ1n) is 4.88. The maximum atomic E-state index is 5.86. The lowest BCUT2D eigenvalue weighted by atomic mass is 10.1. The maximum Gasteiger partial charge on any atom is 0.00727 e. The first-order chi connectivity index (χ1) is 5.83. The van der Waals surface area contributed by atoms with Crippen LogP contribution in [0.4, 0.5) is 0 Å². The molecule has 2 N–H and O–H groups in total. The van der Waals surface area contributed by atoms with Gasteiger partial charge in [0.25, 0.3) is 0 Å². The van der Waals surface area contributed by atoms with E-state index in [9.17, 15) is 0 Å². The van der Waals surface area contributed by atoms with Crippen molar-refractivity contribution in [3.8, 4) is 0 Å². The molecule has 1 saturated heterocycles. The van der Waals surface area contributed by atoms with Crippen LogP contribution in [0.15, 0.2) is 0 Å². The van der Waals surface area contributed by atoms with E-state index in [1.54, 1.807) is 0 Å². The molecule has 0 bridgehead atoms. The van der Waals surface area contributed by atoms with E-state index in [-0.39, 0.29) is 0 Å². The summed E-state index contributed by atoms with van der Waals surface area (Å²) < 4.78 is 0. The molecule has 1 fully saturated rings. The van der Waals surface area contributed by atoms with Crippen LogP contribution >= 0.6 is 11.8 Å². The predicted molar refractivity (Wildman–Crippen MR) is 56.6 cm³/mol. The van der Waals surface area contributed by atoms with E-state index < -0.39 is 0 Å². The summed E-state index contributed by atoms with van der Waals surface area (Å²) in [6, 6.07) is 0.416. The molecule has 3 heteroatoms. The van der Waals surface area contributed by atoms with Crippen molar-refractivity contribution in [1.29, 1.82) is 0 Å². The van der Waals surface area contributed by atoms with Crippen molar-refractivity contribution in [2.45, 2.75) is 25.8 Å². The predicted octanol–water partition coefficient (Wildman–Crippen LogP) is 1.16. The van der Waals surface area contributed by atoms with E-state index >= 15 is 0 Å². The van der Waals surface area contributed by atoms with Gasteiger partial charge in [-0.3, -0.25) is 0 Å². The molecule has 1 unspecified atom stereocenters. The summed E-state index contributed by atoms with van der Waals surface area (Å²) in [4.78, 5) is 2.53. The molecular formula is C9H20N2S. The van der Waals surface area contributed by atoms with E-state index in [1.165, 1.54) is 37.6 Å². The number of hydrogen-bond donors (Lipinski definition) is 1. The molecule has 2 nitrogen and oxygen atoms in total. The molecule has 1 aliphatic heterocycles. The average Bonchev–Trinajstić information content (AvgIpc) is 2.16. The first kappa shape index (κ1) is 10.4. The van der Waals surface area contributed by atoms with Gasteiger partial charge in [0.1, 0.15) is 0 Å². The highest BCUT2D eigenvalue weighted by molar-refractivity contribution is 7.99. The monoisotopic (exact) mass is 188 g/mol. The Bertz CT molecular complexity index is 113. The minimum atomic E-state index is 0.416. The third-order valence-corrected chi connectivity index (χ3v) is 3.39. The summed E-state index contributed by atoms with van der Waals surface area (Å²) in [6.07, 6.45) is 2.28. The van der Waals surface area contributed by atoms with Crippen LogP contribution in [-0.2, 0) is 0 Å². The van der Waals surface area contributed by atoms with E-state index in [0.717, 1.165) is 6.42 Å². The summed E-state index contributed by atoms with van der Waals surface area (Å²) in [5.74, 6) is 2.61. The molecule has 0 saturated carbocycles. The molecular weight excluding hydrogens is 168 g/mol. The topological polar surface area (TPSA) is 29.3 Å². The van der Waals surface area contributed by atoms with Gasteiger partial charge in [0, 0.05) is 30.6 Å². The Hall–Kier alpha value is 0.270. The second-order valence-electron chi connectivity index (χ2n) is 3.41. The summed E-state index contributed by atoms with van der Waals surface area (Å²) >= 11 is 2.07. The summed E-state index contributed by atoms with van der Waals surface area (Å²) in [7, 11) is 0. The first-order valence-corrected chi connectivity index (χ1v) is 6.04. The fourth-order valence-electron chi connectivity index (χ4n) is 1.38. The zero-order valence-electron chi connectivity index (χ0n) is 7.96. The smallest absolute Gasteiger partial charge is 0.00727 e. The number of rotatable bonds is 4. The normalized spacial score (nSPS) is 22.5. The third-order valence-electron chi connectivity index (χ3n) is 2.44. The minimum absolute atomic E-state index is 0.416. The van der Waals surface area contributed by atoms with Crippen molar-refractivity contribution < 1.29 is 0 Å². The van der Waals surface area contributed by atoms with Gasteiger partial charge in [-0.25, -0.2) is 0 Å². The van der Waals surface area contributed by atoms with Gasteiger partial charge < -0.3 is 10.6 Å². The number of nitrogens with zero attached hydrogens (tertiary/aromatic N) is 1. The van der Waals surface area contributed by atoms with Crippen LogP contribution in [0, 0.1) is 0 Å². The Balaban J connectivity index is 2.05. The molecule has 1 aliphatic rings. The summed E-state index contributed by atoms with van der Waals surface area (Å²) in [5, 5.41) is 0. The second-order valence-corrected chi connectivity index (χ2v) is 4.64. The summed E-state index contributed by atoms with van der Waals surface area (Å²) in [5.41, 5.74) is 5.86. The Labute approximate surface area is 79.9 Å². The van der Waals surface area contributed by atoms with Crippen LogP contribution in [0.1, 0.15) is 19.8 Å². The van der Waals surface area contributed by atoms with Crippen LogP contribution in [0.25, 0.3) is 0 Å². The highest BCUT2D eigenvalue weighted by atomic mass is 32.2. The van der Waals surface area contributed by atoms with Gasteiger partial charge in [-0.2, -0.15) is 11.8 Å². The van der Waals surface area contributed by atoms with Crippen molar-refractivity contribution in [2.75, 3.05) is 31.1 Å². The molecule has 1 heterocycles. The molecule has 1 rings (SSSR count). The summed E-state index contributed by atoms with van der Waals surface area (Å²) in [6.45, 7) is 5.90. The largest absolute Gasteiger partial charge is 0.328 e. The highest BCUT2D eigenvalue weighted by Crippen LogP contribution is 2.09. The number of hydrogen-bond acceptors (Lipinski definition) is 3. The van der Waals surface area contributed by atoms with Crippen LogP contribution in [0.3, 0.4) is 0 Å². The standard InChI is InChI=1S/C9H20N2S/c1-2-9(10)3-4-11-5-7-12-8-6-11/h9H,2-8,10H2,1H3. The molecule has 0 aromatic heterocycles. The van der Waals surface area contributed by atoms with E-state index in [2.05, 4.69) is 23.6 Å². The van der Waals surface area contributed by atoms with Gasteiger partial charge in [-0.1, -0.05) is 6.92 Å². The Morgan fingerprint density at radius 3 is 2.67 bits per heavy atom. The van der Waals surface area contributed by atoms with Crippen LogP contribution in [0.5, 0.6) is 0 Å². The lowest BCUT2D eigenvalue weighted by Crippen LogP contribution is -2.36. The van der Waals surface area contributed by atoms with E-state index in [4.69, 9.17) is 5.73 Å². The quantitative estimate of drug-likeness (QED) is 0.718. The molecule has 0 spiro atoms. The Morgan fingerprint density at radius 2 is 2.08 bits per heavy atom. The molecule has 0 aromatic rings. The molecule has 0 radical (unpaired) electrons. The zero-order chi connectivity index (χ0) is 8.81. The lowest BCUT2D eigenvalue weighted by molar-refractivity contribution is 0.288. The van der Waals surface area contributed by atoms with Gasteiger partial charge in [-0.15, -0.1) is 0 Å². The minimum Gasteiger partial charge on any atom is -0.328 e. The SMILES string of the molecule is CCC(N)CCN1CCSCC1. The molecule has 12 heavy (non-hydrogen) atoms. The van der Waals surface area contributed by atoms with Gasteiger partial charge in [0.05, 0.1) is 0 Å². The fraction of sp³-hybridized carbons (Fsp3) is 1.00. The van der Waals surface area contributed by atoms with Crippen molar-refractivity contribution in [2.24, 2.45) is 5.73 Å². The average molecular weight is 188 g/mol. The van der Waals surface area contributed by atoms with Crippen molar-refractivity contribution in [3.05, 3.63) is 0 Å². The van der Waals surface area contributed by atoms with Crippen LogP contribution in [0.2, 0.25) is 0 Å². The molecule has 0 amide bonds. The molecule has 0 aliphatic carbocycles. The molecule has 0 aromatic carbocycles. The van der Waals surface area contributed by atoms with Gasteiger partial charge in [0.2, 0.25) is 0 Å². The van der Waals surface area contributed by atoms with Gasteiger partial charge in [0.15, 0.2) is 0 Å². The number of nitrogens with two attached hydrogens (primary N) is 1. The van der Waals surface area contributed by atoms with E-state index in [0.29, 0.717) is 6.04 Å². The highest BCUT2D eigenvalue weighted by Gasteiger charge is 2.10. The third kappa shape index (κ3) is 3.78. The van der Waals surface area contributed by atoms with Crippen LogP contribution < -0.4 is 5.73 Å². The van der Waals surface area contributed by atoms with Crippen LogP contribution in [-0.4, -0.2) is 42.1 Å². The van der Waals surface area contributed by atoms with E-state index in [1.807, 2.05) is 0 Å². The number of thioether (sulfide) groups is 1. The second kappa shape index (κ2) is 5.84. The van der Waals surface area contributed by atoms with Crippen molar-refractivity contribution in [1.82, 2.24) is 4.90 Å². The van der Waals surface area contributed by atoms with Crippen molar-refractivity contribution in [3.63, 3.8) is 0 Å².